The molecule has 1 aliphatic heterocycles. The quantitative estimate of drug-likeness (QED) is 0.733. The highest BCUT2D eigenvalue weighted by molar-refractivity contribution is 7.09. The molecule has 1 atom stereocenters. The van der Waals surface area contributed by atoms with Gasteiger partial charge in [0, 0.05) is 30.0 Å². The normalized spacial score (nSPS) is 21.0. The van der Waals surface area contributed by atoms with Crippen molar-refractivity contribution in [3.8, 4) is 0 Å². The summed E-state index contributed by atoms with van der Waals surface area (Å²) in [6.45, 7) is 7.15. The van der Waals surface area contributed by atoms with Gasteiger partial charge in [-0.25, -0.2) is 4.98 Å². The second kappa shape index (κ2) is 4.14. The largest absolute Gasteiger partial charge is 0.335 e. The lowest BCUT2D eigenvalue weighted by Crippen LogP contribution is -2.24. The number of aryl methyl sites for hydroxylation is 1. The number of carbonyl (C=O) groups excluding carboxylic acids is 1. The summed E-state index contributed by atoms with van der Waals surface area (Å²) in [4.78, 5) is 17.8. The van der Waals surface area contributed by atoms with Crippen LogP contribution in [-0.2, 0) is 11.3 Å². The SMILES string of the molecule is C=CC1CC(=O)N(Cc2nc(C)cs2)C1. The summed E-state index contributed by atoms with van der Waals surface area (Å²) in [6.07, 6.45) is 2.47. The van der Waals surface area contributed by atoms with E-state index in [1.54, 1.807) is 11.3 Å². The van der Waals surface area contributed by atoms with Crippen LogP contribution in [0.2, 0.25) is 0 Å². The van der Waals surface area contributed by atoms with Crippen LogP contribution in [0.25, 0.3) is 0 Å². The van der Waals surface area contributed by atoms with E-state index in [9.17, 15) is 4.79 Å². The average Bonchev–Trinajstić information content (AvgIpc) is 2.75. The zero-order chi connectivity index (χ0) is 10.8. The van der Waals surface area contributed by atoms with E-state index < -0.39 is 0 Å². The maximum atomic E-state index is 11.6. The molecule has 80 valence electrons. The fraction of sp³-hybridized carbons (Fsp3) is 0.455. The van der Waals surface area contributed by atoms with Gasteiger partial charge in [-0.3, -0.25) is 4.79 Å². The molecule has 0 radical (unpaired) electrons. The molecular formula is C11H14N2OS. The van der Waals surface area contributed by atoms with Crippen LogP contribution in [0.4, 0.5) is 0 Å². The van der Waals surface area contributed by atoms with Crippen LogP contribution in [0, 0.1) is 12.8 Å². The molecule has 0 bridgehead atoms. The number of hydrogen-bond donors (Lipinski definition) is 0. The molecule has 1 unspecified atom stereocenters. The number of aromatic nitrogens is 1. The Morgan fingerprint density at radius 2 is 2.60 bits per heavy atom. The molecule has 2 heterocycles. The second-order valence-electron chi connectivity index (χ2n) is 3.86. The van der Waals surface area contributed by atoms with Gasteiger partial charge in [0.1, 0.15) is 5.01 Å². The van der Waals surface area contributed by atoms with Gasteiger partial charge in [-0.05, 0) is 6.92 Å². The Balaban J connectivity index is 2.01. The minimum Gasteiger partial charge on any atom is -0.335 e. The number of amides is 1. The summed E-state index contributed by atoms with van der Waals surface area (Å²) in [5.74, 6) is 0.534. The summed E-state index contributed by atoms with van der Waals surface area (Å²) in [7, 11) is 0. The smallest absolute Gasteiger partial charge is 0.223 e. The first-order valence-corrected chi connectivity index (χ1v) is 5.88. The predicted octanol–water partition coefficient (Wildman–Crippen LogP) is 1.99. The molecule has 1 fully saturated rings. The lowest BCUT2D eigenvalue weighted by Gasteiger charge is -2.13. The van der Waals surface area contributed by atoms with Crippen molar-refractivity contribution in [3.05, 3.63) is 28.7 Å². The highest BCUT2D eigenvalue weighted by Crippen LogP contribution is 2.21. The van der Waals surface area contributed by atoms with E-state index in [0.717, 1.165) is 17.2 Å². The number of carbonyl (C=O) groups is 1. The average molecular weight is 222 g/mol. The molecular weight excluding hydrogens is 208 g/mol. The van der Waals surface area contributed by atoms with Gasteiger partial charge in [0.25, 0.3) is 0 Å². The van der Waals surface area contributed by atoms with Crippen LogP contribution in [0.1, 0.15) is 17.1 Å². The van der Waals surface area contributed by atoms with E-state index in [4.69, 9.17) is 0 Å². The van der Waals surface area contributed by atoms with Gasteiger partial charge in [-0.2, -0.15) is 0 Å². The molecule has 3 nitrogen and oxygen atoms in total. The van der Waals surface area contributed by atoms with Gasteiger partial charge >= 0.3 is 0 Å². The topological polar surface area (TPSA) is 33.2 Å². The molecule has 1 aromatic rings. The molecule has 0 saturated carbocycles. The van der Waals surface area contributed by atoms with E-state index in [-0.39, 0.29) is 5.91 Å². The lowest BCUT2D eigenvalue weighted by atomic mass is 10.1. The zero-order valence-corrected chi connectivity index (χ0v) is 9.59. The minimum atomic E-state index is 0.216. The predicted molar refractivity (Wildman–Crippen MR) is 60.6 cm³/mol. The van der Waals surface area contributed by atoms with Gasteiger partial charge in [0.2, 0.25) is 5.91 Å². The third-order valence-corrected chi connectivity index (χ3v) is 3.52. The van der Waals surface area contributed by atoms with Gasteiger partial charge < -0.3 is 4.90 Å². The van der Waals surface area contributed by atoms with Gasteiger partial charge in [0.15, 0.2) is 0 Å². The monoisotopic (exact) mass is 222 g/mol. The fourth-order valence-electron chi connectivity index (χ4n) is 1.75. The van der Waals surface area contributed by atoms with E-state index in [2.05, 4.69) is 11.6 Å². The van der Waals surface area contributed by atoms with Crippen LogP contribution in [-0.4, -0.2) is 22.3 Å². The third-order valence-electron chi connectivity index (χ3n) is 2.57. The molecule has 4 heteroatoms. The van der Waals surface area contributed by atoms with Gasteiger partial charge in [-0.15, -0.1) is 17.9 Å². The summed E-state index contributed by atoms with van der Waals surface area (Å²) >= 11 is 1.62. The molecule has 1 saturated heterocycles. The van der Waals surface area contributed by atoms with Gasteiger partial charge in [0.05, 0.1) is 6.54 Å². The Morgan fingerprint density at radius 3 is 3.13 bits per heavy atom. The maximum Gasteiger partial charge on any atom is 0.223 e. The van der Waals surface area contributed by atoms with Crippen LogP contribution >= 0.6 is 11.3 Å². The fourth-order valence-corrected chi connectivity index (χ4v) is 2.54. The van der Waals surface area contributed by atoms with Crippen molar-refractivity contribution in [2.75, 3.05) is 6.54 Å². The third kappa shape index (κ3) is 2.26. The summed E-state index contributed by atoms with van der Waals surface area (Å²) in [6, 6.07) is 0. The van der Waals surface area contributed by atoms with Crippen LogP contribution < -0.4 is 0 Å². The standard InChI is InChI=1S/C11H14N2OS/c1-3-9-4-11(14)13(5-9)6-10-12-8(2)7-15-10/h3,7,9H,1,4-6H2,2H3. The Bertz CT molecular complexity index is 386. The number of likely N-dealkylation sites (tertiary alicyclic amines) is 1. The van der Waals surface area contributed by atoms with Crippen LogP contribution in [0.5, 0.6) is 0 Å². The summed E-state index contributed by atoms with van der Waals surface area (Å²) in [5, 5.41) is 3.03. The van der Waals surface area contributed by atoms with Gasteiger partial charge in [-0.1, -0.05) is 6.08 Å². The van der Waals surface area contributed by atoms with Crippen molar-refractivity contribution >= 4 is 17.2 Å². The molecule has 1 aromatic heterocycles. The van der Waals surface area contributed by atoms with Crippen LogP contribution in [0.3, 0.4) is 0 Å². The highest BCUT2D eigenvalue weighted by Gasteiger charge is 2.27. The molecule has 2 rings (SSSR count). The van der Waals surface area contributed by atoms with Crippen molar-refractivity contribution in [1.82, 2.24) is 9.88 Å². The summed E-state index contributed by atoms with van der Waals surface area (Å²) < 4.78 is 0. The number of nitrogens with zero attached hydrogens (tertiary/aromatic N) is 2. The number of thiazole rings is 1. The van der Waals surface area contributed by atoms with Crippen LogP contribution in [0.15, 0.2) is 18.0 Å². The Hall–Kier alpha value is -1.16. The first kappa shape index (κ1) is 10.4. The maximum absolute atomic E-state index is 11.6. The van der Waals surface area contributed by atoms with E-state index >= 15 is 0 Å². The molecule has 0 aromatic carbocycles. The molecule has 0 N–H and O–H groups in total. The highest BCUT2D eigenvalue weighted by atomic mass is 32.1. The van der Waals surface area contributed by atoms with Crippen molar-refractivity contribution in [1.29, 1.82) is 0 Å². The number of hydrogen-bond acceptors (Lipinski definition) is 3. The Kier molecular flexibility index (Phi) is 2.86. The van der Waals surface area contributed by atoms with Crippen molar-refractivity contribution < 1.29 is 4.79 Å². The summed E-state index contributed by atoms with van der Waals surface area (Å²) in [5.41, 5.74) is 1.03. The molecule has 0 aliphatic carbocycles. The lowest BCUT2D eigenvalue weighted by molar-refractivity contribution is -0.128. The van der Waals surface area contributed by atoms with E-state index in [1.807, 2.05) is 23.3 Å². The second-order valence-corrected chi connectivity index (χ2v) is 4.80. The molecule has 1 aliphatic rings. The number of rotatable bonds is 3. The van der Waals surface area contributed by atoms with E-state index in [1.165, 1.54) is 0 Å². The first-order valence-electron chi connectivity index (χ1n) is 5.00. The van der Waals surface area contributed by atoms with Crippen molar-refractivity contribution in [2.24, 2.45) is 5.92 Å². The Labute approximate surface area is 93.4 Å². The van der Waals surface area contributed by atoms with Crippen molar-refractivity contribution in [3.63, 3.8) is 0 Å². The molecule has 15 heavy (non-hydrogen) atoms. The molecule has 0 spiro atoms. The first-order chi connectivity index (χ1) is 7.19. The van der Waals surface area contributed by atoms with E-state index in [0.29, 0.717) is 18.9 Å². The molecule has 1 amide bonds. The van der Waals surface area contributed by atoms with Crippen molar-refractivity contribution in [2.45, 2.75) is 19.9 Å². The zero-order valence-electron chi connectivity index (χ0n) is 8.77. The Morgan fingerprint density at radius 1 is 1.80 bits per heavy atom. The minimum absolute atomic E-state index is 0.216.